The Kier molecular flexibility index (Phi) is 5.01. The average molecular weight is 255 g/mol. The zero-order valence-corrected chi connectivity index (χ0v) is 11.2. The van der Waals surface area contributed by atoms with Crippen molar-refractivity contribution in [3.8, 4) is 0 Å². The Bertz CT molecular complexity index is 276. The highest BCUT2D eigenvalue weighted by atomic mass is 16.5. The van der Waals surface area contributed by atoms with Gasteiger partial charge in [0.05, 0.1) is 12.2 Å². The molecule has 2 aliphatic rings. The van der Waals surface area contributed by atoms with Gasteiger partial charge in [-0.2, -0.15) is 0 Å². The van der Waals surface area contributed by atoms with Crippen molar-refractivity contribution in [3.63, 3.8) is 0 Å². The van der Waals surface area contributed by atoms with E-state index in [1.807, 2.05) is 6.92 Å². The van der Waals surface area contributed by atoms with Crippen LogP contribution in [0.3, 0.4) is 0 Å². The number of hydrogen-bond donors (Lipinski definition) is 2. The van der Waals surface area contributed by atoms with Gasteiger partial charge in [-0.3, -0.25) is 4.79 Å². The first kappa shape index (κ1) is 13.8. The first-order valence-corrected chi connectivity index (χ1v) is 7.23. The van der Waals surface area contributed by atoms with Crippen molar-refractivity contribution in [3.05, 3.63) is 0 Å². The maximum Gasteiger partial charge on any atom is 0.220 e. The summed E-state index contributed by atoms with van der Waals surface area (Å²) in [7, 11) is 0. The van der Waals surface area contributed by atoms with Crippen molar-refractivity contribution in [2.75, 3.05) is 13.2 Å². The fourth-order valence-corrected chi connectivity index (χ4v) is 3.04. The largest absolute Gasteiger partial charge is 0.393 e. The molecule has 104 valence electrons. The molecule has 2 atom stereocenters. The van der Waals surface area contributed by atoms with E-state index in [0.717, 1.165) is 45.3 Å². The number of carbonyl (C=O) groups excluding carboxylic acids is 1. The summed E-state index contributed by atoms with van der Waals surface area (Å²) in [6.45, 7) is 3.52. The zero-order chi connectivity index (χ0) is 13.0. The van der Waals surface area contributed by atoms with Crippen LogP contribution >= 0.6 is 0 Å². The lowest BCUT2D eigenvalue weighted by Crippen LogP contribution is -2.36. The molecular formula is C14H25NO3. The van der Waals surface area contributed by atoms with Crippen LogP contribution in [0.15, 0.2) is 0 Å². The summed E-state index contributed by atoms with van der Waals surface area (Å²) in [4.78, 5) is 11.7. The molecule has 0 bridgehead atoms. The average Bonchev–Trinajstić information content (AvgIpc) is 2.70. The second-order valence-electron chi connectivity index (χ2n) is 5.76. The van der Waals surface area contributed by atoms with Gasteiger partial charge < -0.3 is 15.2 Å². The van der Waals surface area contributed by atoms with Gasteiger partial charge in [0.25, 0.3) is 0 Å². The van der Waals surface area contributed by atoms with Gasteiger partial charge >= 0.3 is 0 Å². The van der Waals surface area contributed by atoms with Crippen molar-refractivity contribution < 1.29 is 14.6 Å². The van der Waals surface area contributed by atoms with E-state index in [0.29, 0.717) is 24.4 Å². The predicted octanol–water partition coefficient (Wildman–Crippen LogP) is 1.47. The maximum absolute atomic E-state index is 11.7. The number of hydrogen-bond acceptors (Lipinski definition) is 3. The molecule has 2 N–H and O–H groups in total. The molecule has 0 radical (unpaired) electrons. The molecule has 0 heterocycles. The third kappa shape index (κ3) is 3.95. The first-order chi connectivity index (χ1) is 8.67. The lowest BCUT2D eigenvalue weighted by atomic mass is 9.80. The Morgan fingerprint density at radius 3 is 2.67 bits per heavy atom. The minimum Gasteiger partial charge on any atom is -0.393 e. The quantitative estimate of drug-likeness (QED) is 0.755. The van der Waals surface area contributed by atoms with Crippen molar-refractivity contribution in [2.45, 2.75) is 57.7 Å². The monoisotopic (exact) mass is 255 g/mol. The summed E-state index contributed by atoms with van der Waals surface area (Å²) >= 11 is 0. The van der Waals surface area contributed by atoms with Gasteiger partial charge in [-0.1, -0.05) is 0 Å². The highest BCUT2D eigenvalue weighted by Gasteiger charge is 2.31. The van der Waals surface area contributed by atoms with E-state index >= 15 is 0 Å². The van der Waals surface area contributed by atoms with E-state index in [-0.39, 0.29) is 12.0 Å². The standard InChI is InChI=1S/C14H25NO3/c1-2-18-13-6-11(7-13)8-14(17)15-9-10-3-4-12(16)5-10/h10-13,16H,2-9H2,1H3,(H,15,17). The summed E-state index contributed by atoms with van der Waals surface area (Å²) in [5.74, 6) is 1.15. The van der Waals surface area contributed by atoms with E-state index in [2.05, 4.69) is 5.32 Å². The zero-order valence-electron chi connectivity index (χ0n) is 11.2. The highest BCUT2D eigenvalue weighted by molar-refractivity contribution is 5.76. The molecular weight excluding hydrogens is 230 g/mol. The van der Waals surface area contributed by atoms with Gasteiger partial charge in [0.1, 0.15) is 0 Å². The van der Waals surface area contributed by atoms with Gasteiger partial charge in [0.15, 0.2) is 0 Å². The number of aliphatic hydroxyl groups is 1. The van der Waals surface area contributed by atoms with Gasteiger partial charge in [0.2, 0.25) is 5.91 Å². The van der Waals surface area contributed by atoms with E-state index < -0.39 is 0 Å². The Morgan fingerprint density at radius 1 is 1.28 bits per heavy atom. The molecule has 2 rings (SSSR count). The minimum absolute atomic E-state index is 0.148. The topological polar surface area (TPSA) is 58.6 Å². The molecule has 0 aliphatic heterocycles. The molecule has 2 unspecified atom stereocenters. The van der Waals surface area contributed by atoms with Crippen LogP contribution in [0, 0.1) is 11.8 Å². The molecule has 2 aliphatic carbocycles. The Balaban J connectivity index is 1.53. The Hall–Kier alpha value is -0.610. The molecule has 2 fully saturated rings. The van der Waals surface area contributed by atoms with E-state index in [9.17, 15) is 9.90 Å². The summed E-state index contributed by atoms with van der Waals surface area (Å²) in [5.41, 5.74) is 0. The third-order valence-corrected chi connectivity index (χ3v) is 4.17. The lowest BCUT2D eigenvalue weighted by molar-refractivity contribution is -0.124. The van der Waals surface area contributed by atoms with Crippen LogP contribution in [0.5, 0.6) is 0 Å². The van der Waals surface area contributed by atoms with Crippen LogP contribution in [-0.4, -0.2) is 36.4 Å². The number of nitrogens with one attached hydrogen (secondary N) is 1. The summed E-state index contributed by atoms with van der Waals surface area (Å²) < 4.78 is 5.48. The number of aliphatic hydroxyl groups excluding tert-OH is 1. The molecule has 2 saturated carbocycles. The van der Waals surface area contributed by atoms with E-state index in [1.165, 1.54) is 0 Å². The minimum atomic E-state index is -0.148. The van der Waals surface area contributed by atoms with Gasteiger partial charge in [-0.15, -0.1) is 0 Å². The number of rotatable bonds is 6. The molecule has 18 heavy (non-hydrogen) atoms. The second-order valence-corrected chi connectivity index (χ2v) is 5.76. The molecule has 4 heteroatoms. The molecule has 0 aromatic carbocycles. The van der Waals surface area contributed by atoms with Crippen molar-refractivity contribution in [1.82, 2.24) is 5.32 Å². The number of amides is 1. The second kappa shape index (κ2) is 6.53. The number of ether oxygens (including phenoxy) is 1. The van der Waals surface area contributed by atoms with Crippen molar-refractivity contribution in [2.24, 2.45) is 11.8 Å². The third-order valence-electron chi connectivity index (χ3n) is 4.17. The summed E-state index contributed by atoms with van der Waals surface area (Å²) in [5, 5.41) is 12.4. The van der Waals surface area contributed by atoms with Gasteiger partial charge in [-0.05, 0) is 50.9 Å². The predicted molar refractivity (Wildman–Crippen MR) is 69.1 cm³/mol. The van der Waals surface area contributed by atoms with E-state index in [1.54, 1.807) is 0 Å². The first-order valence-electron chi connectivity index (χ1n) is 7.23. The SMILES string of the molecule is CCOC1CC(CC(=O)NCC2CCC(O)C2)C1. The molecule has 1 amide bonds. The van der Waals surface area contributed by atoms with E-state index in [4.69, 9.17) is 4.74 Å². The van der Waals surface area contributed by atoms with Crippen LogP contribution in [-0.2, 0) is 9.53 Å². The fraction of sp³-hybridized carbons (Fsp3) is 0.929. The smallest absolute Gasteiger partial charge is 0.220 e. The highest BCUT2D eigenvalue weighted by Crippen LogP contribution is 2.32. The van der Waals surface area contributed by atoms with Crippen LogP contribution in [0.25, 0.3) is 0 Å². The molecule has 0 aromatic heterocycles. The van der Waals surface area contributed by atoms with Crippen LogP contribution in [0.4, 0.5) is 0 Å². The summed E-state index contributed by atoms with van der Waals surface area (Å²) in [6.07, 6.45) is 5.71. The number of carbonyl (C=O) groups is 1. The molecule has 0 spiro atoms. The lowest BCUT2D eigenvalue weighted by Gasteiger charge is -2.34. The van der Waals surface area contributed by atoms with Crippen LogP contribution < -0.4 is 5.32 Å². The van der Waals surface area contributed by atoms with Gasteiger partial charge in [0, 0.05) is 19.6 Å². The normalized spacial score (nSPS) is 35.2. The van der Waals surface area contributed by atoms with Crippen molar-refractivity contribution in [1.29, 1.82) is 0 Å². The Morgan fingerprint density at radius 2 is 2.06 bits per heavy atom. The fourth-order valence-electron chi connectivity index (χ4n) is 3.04. The molecule has 0 saturated heterocycles. The molecule has 4 nitrogen and oxygen atoms in total. The van der Waals surface area contributed by atoms with Crippen LogP contribution in [0.1, 0.15) is 45.4 Å². The Labute approximate surface area is 109 Å². The summed E-state index contributed by atoms with van der Waals surface area (Å²) in [6, 6.07) is 0. The molecule has 0 aromatic rings. The van der Waals surface area contributed by atoms with Crippen LogP contribution in [0.2, 0.25) is 0 Å². The maximum atomic E-state index is 11.7. The van der Waals surface area contributed by atoms with Gasteiger partial charge in [-0.25, -0.2) is 0 Å². The van der Waals surface area contributed by atoms with Crippen molar-refractivity contribution >= 4 is 5.91 Å².